The average Bonchev–Trinajstić information content (AvgIpc) is 2.15. The van der Waals surface area contributed by atoms with Gasteiger partial charge in [-0.3, -0.25) is 0 Å². The number of hydrogen-bond donors (Lipinski definition) is 1. The second kappa shape index (κ2) is 4.92. The van der Waals surface area contributed by atoms with Crippen molar-refractivity contribution in [3.8, 4) is 0 Å². The van der Waals surface area contributed by atoms with Crippen LogP contribution < -0.4 is 5.73 Å². The van der Waals surface area contributed by atoms with Gasteiger partial charge in [-0.05, 0) is 31.0 Å². The van der Waals surface area contributed by atoms with Crippen LogP contribution in [0.2, 0.25) is 0 Å². The molecule has 13 heavy (non-hydrogen) atoms. The zero-order chi connectivity index (χ0) is 9.68. The van der Waals surface area contributed by atoms with Crippen LogP contribution in [0.15, 0.2) is 18.2 Å². The highest BCUT2D eigenvalue weighted by Crippen LogP contribution is 2.16. The Labute approximate surface area is 76.6 Å². The summed E-state index contributed by atoms with van der Waals surface area (Å²) >= 11 is 0. The SMILES string of the molecule is NCCCc1cccc(F)c1CF. The van der Waals surface area contributed by atoms with E-state index in [1.54, 1.807) is 12.1 Å². The molecule has 2 N–H and O–H groups in total. The van der Waals surface area contributed by atoms with Gasteiger partial charge in [-0.15, -0.1) is 0 Å². The molecule has 0 fully saturated rings. The van der Waals surface area contributed by atoms with Crippen LogP contribution in [0.1, 0.15) is 17.5 Å². The zero-order valence-corrected chi connectivity index (χ0v) is 7.39. The molecule has 0 aliphatic rings. The monoisotopic (exact) mass is 185 g/mol. The summed E-state index contributed by atoms with van der Waals surface area (Å²) in [6.45, 7) is -0.200. The summed E-state index contributed by atoms with van der Waals surface area (Å²) < 4.78 is 25.4. The molecular formula is C10H13F2N. The number of hydrogen-bond acceptors (Lipinski definition) is 1. The summed E-state index contributed by atoms with van der Waals surface area (Å²) in [5.41, 5.74) is 6.22. The van der Waals surface area contributed by atoms with Crippen LogP contribution in [-0.4, -0.2) is 6.54 Å². The lowest BCUT2D eigenvalue weighted by Crippen LogP contribution is -2.03. The van der Waals surface area contributed by atoms with Gasteiger partial charge in [-0.2, -0.15) is 0 Å². The normalized spacial score (nSPS) is 10.4. The van der Waals surface area contributed by atoms with E-state index < -0.39 is 12.5 Å². The third kappa shape index (κ3) is 2.49. The molecule has 1 aromatic rings. The van der Waals surface area contributed by atoms with Gasteiger partial charge >= 0.3 is 0 Å². The Balaban J connectivity index is 2.85. The third-order valence-corrected chi connectivity index (χ3v) is 2.00. The van der Waals surface area contributed by atoms with Gasteiger partial charge in [0, 0.05) is 5.56 Å². The highest BCUT2D eigenvalue weighted by molar-refractivity contribution is 5.28. The van der Waals surface area contributed by atoms with E-state index in [2.05, 4.69) is 0 Å². The van der Waals surface area contributed by atoms with E-state index in [0.717, 1.165) is 12.0 Å². The van der Waals surface area contributed by atoms with Crippen molar-refractivity contribution in [1.82, 2.24) is 0 Å². The van der Waals surface area contributed by atoms with Crippen LogP contribution in [-0.2, 0) is 13.1 Å². The highest BCUT2D eigenvalue weighted by atomic mass is 19.1. The van der Waals surface area contributed by atoms with Gasteiger partial charge in [0.05, 0.1) is 0 Å². The van der Waals surface area contributed by atoms with E-state index in [-0.39, 0.29) is 5.56 Å². The van der Waals surface area contributed by atoms with E-state index in [4.69, 9.17) is 5.73 Å². The van der Waals surface area contributed by atoms with Crippen LogP contribution in [0.4, 0.5) is 8.78 Å². The van der Waals surface area contributed by atoms with Crippen molar-refractivity contribution in [2.24, 2.45) is 5.73 Å². The topological polar surface area (TPSA) is 26.0 Å². The van der Waals surface area contributed by atoms with Crippen LogP contribution in [0.3, 0.4) is 0 Å². The summed E-state index contributed by atoms with van der Waals surface area (Å²) in [7, 11) is 0. The lowest BCUT2D eigenvalue weighted by molar-refractivity contribution is 0.460. The van der Waals surface area contributed by atoms with E-state index in [9.17, 15) is 8.78 Å². The van der Waals surface area contributed by atoms with Crippen molar-refractivity contribution in [3.63, 3.8) is 0 Å². The molecule has 0 amide bonds. The van der Waals surface area contributed by atoms with Gasteiger partial charge in [0.25, 0.3) is 0 Å². The molecule has 0 aliphatic heterocycles. The van der Waals surface area contributed by atoms with Gasteiger partial charge in [-0.1, -0.05) is 12.1 Å². The molecule has 0 bridgehead atoms. The molecule has 1 rings (SSSR count). The second-order valence-electron chi connectivity index (χ2n) is 2.90. The predicted octanol–water partition coefficient (Wildman–Crippen LogP) is 2.19. The summed E-state index contributed by atoms with van der Waals surface area (Å²) in [4.78, 5) is 0. The molecule has 0 spiro atoms. The number of rotatable bonds is 4. The Bertz CT molecular complexity index is 274. The molecule has 0 heterocycles. The van der Waals surface area contributed by atoms with Crippen molar-refractivity contribution in [2.75, 3.05) is 6.54 Å². The number of alkyl halides is 1. The van der Waals surface area contributed by atoms with E-state index in [1.165, 1.54) is 6.07 Å². The van der Waals surface area contributed by atoms with E-state index >= 15 is 0 Å². The van der Waals surface area contributed by atoms with Crippen molar-refractivity contribution >= 4 is 0 Å². The first kappa shape index (κ1) is 10.1. The highest BCUT2D eigenvalue weighted by Gasteiger charge is 2.06. The first-order chi connectivity index (χ1) is 6.29. The minimum atomic E-state index is -0.743. The van der Waals surface area contributed by atoms with Crippen molar-refractivity contribution in [2.45, 2.75) is 19.5 Å². The van der Waals surface area contributed by atoms with Crippen LogP contribution >= 0.6 is 0 Å². The smallest absolute Gasteiger partial charge is 0.129 e. The molecule has 0 radical (unpaired) electrons. The second-order valence-corrected chi connectivity index (χ2v) is 2.90. The average molecular weight is 185 g/mol. The number of halogens is 2. The summed E-state index contributed by atoms with van der Waals surface area (Å²) in [5.74, 6) is -0.461. The lowest BCUT2D eigenvalue weighted by Gasteiger charge is -2.06. The molecule has 72 valence electrons. The van der Waals surface area contributed by atoms with Crippen molar-refractivity contribution < 1.29 is 8.78 Å². The first-order valence-electron chi connectivity index (χ1n) is 4.32. The fraction of sp³-hybridized carbons (Fsp3) is 0.400. The number of nitrogens with two attached hydrogens (primary N) is 1. The molecule has 0 aromatic heterocycles. The molecular weight excluding hydrogens is 172 g/mol. The molecule has 0 unspecified atom stereocenters. The van der Waals surface area contributed by atoms with Crippen LogP contribution in [0.5, 0.6) is 0 Å². The first-order valence-corrected chi connectivity index (χ1v) is 4.32. The fourth-order valence-electron chi connectivity index (χ4n) is 1.28. The van der Waals surface area contributed by atoms with Gasteiger partial charge in [0.15, 0.2) is 0 Å². The molecule has 0 saturated carbocycles. The third-order valence-electron chi connectivity index (χ3n) is 2.00. The van der Waals surface area contributed by atoms with Crippen LogP contribution in [0, 0.1) is 5.82 Å². The summed E-state index contributed by atoms with van der Waals surface area (Å²) in [6, 6.07) is 4.62. The maximum Gasteiger partial charge on any atom is 0.129 e. The predicted molar refractivity (Wildman–Crippen MR) is 48.6 cm³/mol. The van der Waals surface area contributed by atoms with Crippen LogP contribution in [0.25, 0.3) is 0 Å². The maximum atomic E-state index is 13.0. The van der Waals surface area contributed by atoms with Gasteiger partial charge < -0.3 is 5.73 Å². The standard InChI is InChI=1S/C10H13F2N/c11-7-9-8(4-2-6-13)3-1-5-10(9)12/h1,3,5H,2,4,6-7,13H2. The number of aryl methyl sites for hydroxylation is 1. The van der Waals surface area contributed by atoms with Crippen molar-refractivity contribution in [3.05, 3.63) is 35.1 Å². The van der Waals surface area contributed by atoms with E-state index in [1.807, 2.05) is 0 Å². The Kier molecular flexibility index (Phi) is 3.83. The van der Waals surface area contributed by atoms with Gasteiger partial charge in [0.1, 0.15) is 12.5 Å². The molecule has 0 aliphatic carbocycles. The largest absolute Gasteiger partial charge is 0.330 e. The molecule has 3 heteroatoms. The Hall–Kier alpha value is -0.960. The summed E-state index contributed by atoms with van der Waals surface area (Å²) in [5, 5.41) is 0. The Morgan fingerprint density at radius 3 is 2.69 bits per heavy atom. The zero-order valence-electron chi connectivity index (χ0n) is 7.39. The fourth-order valence-corrected chi connectivity index (χ4v) is 1.28. The maximum absolute atomic E-state index is 13.0. The number of benzene rings is 1. The minimum Gasteiger partial charge on any atom is -0.330 e. The summed E-state index contributed by atoms with van der Waals surface area (Å²) in [6.07, 6.45) is 1.41. The Morgan fingerprint density at radius 2 is 2.08 bits per heavy atom. The Morgan fingerprint density at radius 1 is 1.31 bits per heavy atom. The van der Waals surface area contributed by atoms with Crippen molar-refractivity contribution in [1.29, 1.82) is 0 Å². The lowest BCUT2D eigenvalue weighted by atomic mass is 10.0. The molecule has 0 atom stereocenters. The van der Waals surface area contributed by atoms with Gasteiger partial charge in [-0.25, -0.2) is 8.78 Å². The molecule has 1 aromatic carbocycles. The van der Waals surface area contributed by atoms with Gasteiger partial charge in [0.2, 0.25) is 0 Å². The molecule has 0 saturated heterocycles. The minimum absolute atomic E-state index is 0.177. The molecule has 1 nitrogen and oxygen atoms in total. The quantitative estimate of drug-likeness (QED) is 0.764. The van der Waals surface area contributed by atoms with E-state index in [0.29, 0.717) is 13.0 Å².